The van der Waals surface area contributed by atoms with Crippen molar-refractivity contribution in [2.45, 2.75) is 32.3 Å². The number of methoxy groups -OCH3 is 1. The van der Waals surface area contributed by atoms with Crippen molar-refractivity contribution < 1.29 is 9.84 Å². The predicted molar refractivity (Wildman–Crippen MR) is 93.1 cm³/mol. The second kappa shape index (κ2) is 6.17. The first-order chi connectivity index (χ1) is 11.4. The van der Waals surface area contributed by atoms with Gasteiger partial charge in [-0.05, 0) is 11.6 Å². The minimum Gasteiger partial charge on any atom is -0.480 e. The van der Waals surface area contributed by atoms with Crippen LogP contribution in [0, 0.1) is 0 Å². The predicted octanol–water partition coefficient (Wildman–Crippen LogP) is 3.41. The molecular formula is C19H21N3O2. The van der Waals surface area contributed by atoms with Gasteiger partial charge in [-0.1, -0.05) is 51.1 Å². The molecule has 0 aliphatic heterocycles. The van der Waals surface area contributed by atoms with E-state index in [1.807, 2.05) is 36.4 Å². The third-order valence-electron chi connectivity index (χ3n) is 3.84. The first-order valence-corrected chi connectivity index (χ1v) is 7.86. The van der Waals surface area contributed by atoms with Crippen molar-refractivity contribution in [1.29, 1.82) is 0 Å². The molecule has 0 amide bonds. The maximum atomic E-state index is 10.8. The van der Waals surface area contributed by atoms with Crippen LogP contribution < -0.4 is 4.74 Å². The normalized spacial score (nSPS) is 13.0. The number of hydrogen-bond acceptors (Lipinski definition) is 5. The highest BCUT2D eigenvalue weighted by Gasteiger charge is 2.24. The molecule has 24 heavy (non-hydrogen) atoms. The average Bonchev–Trinajstić information content (AvgIpc) is 2.59. The van der Waals surface area contributed by atoms with Crippen LogP contribution in [0.5, 0.6) is 5.88 Å². The van der Waals surface area contributed by atoms with Crippen LogP contribution in [0.4, 0.5) is 0 Å². The number of benzene rings is 1. The molecule has 0 fully saturated rings. The molecule has 124 valence electrons. The zero-order valence-corrected chi connectivity index (χ0v) is 14.3. The Labute approximate surface area is 141 Å². The third-order valence-corrected chi connectivity index (χ3v) is 3.84. The molecule has 1 atom stereocenters. The highest BCUT2D eigenvalue weighted by Crippen LogP contribution is 2.33. The minimum absolute atomic E-state index is 0.205. The lowest BCUT2D eigenvalue weighted by molar-refractivity contribution is 0.216. The topological polar surface area (TPSA) is 68.1 Å². The molecule has 0 saturated carbocycles. The van der Waals surface area contributed by atoms with Crippen molar-refractivity contribution in [3.8, 4) is 5.88 Å². The average molecular weight is 323 g/mol. The van der Waals surface area contributed by atoms with Crippen LogP contribution in [-0.4, -0.2) is 27.2 Å². The van der Waals surface area contributed by atoms with Gasteiger partial charge in [0.2, 0.25) is 5.88 Å². The van der Waals surface area contributed by atoms with E-state index in [-0.39, 0.29) is 5.41 Å². The van der Waals surface area contributed by atoms with Gasteiger partial charge in [-0.25, -0.2) is 4.98 Å². The van der Waals surface area contributed by atoms with Crippen molar-refractivity contribution >= 4 is 10.9 Å². The number of ether oxygens (including phenoxy) is 1. The third kappa shape index (κ3) is 2.95. The molecule has 3 aromatic rings. The summed E-state index contributed by atoms with van der Waals surface area (Å²) in [7, 11) is 1.57. The Hall–Kier alpha value is -2.53. The molecule has 3 rings (SSSR count). The Morgan fingerprint density at radius 3 is 2.38 bits per heavy atom. The molecule has 5 nitrogen and oxygen atoms in total. The lowest BCUT2D eigenvalue weighted by Gasteiger charge is -2.20. The molecule has 1 unspecified atom stereocenters. The zero-order chi connectivity index (χ0) is 17.3. The molecule has 5 heteroatoms. The van der Waals surface area contributed by atoms with E-state index in [1.54, 1.807) is 13.3 Å². The van der Waals surface area contributed by atoms with Gasteiger partial charge in [0, 0.05) is 11.6 Å². The SMILES string of the molecule is COc1nc(C(C)(C)C)nc2ccnc(C(O)c3ccccc3)c12. The van der Waals surface area contributed by atoms with Crippen LogP contribution >= 0.6 is 0 Å². The fraction of sp³-hybridized carbons (Fsp3) is 0.316. The maximum Gasteiger partial charge on any atom is 0.226 e. The smallest absolute Gasteiger partial charge is 0.226 e. The summed E-state index contributed by atoms with van der Waals surface area (Å²) in [6.45, 7) is 6.15. The Bertz CT molecular complexity index is 858. The monoisotopic (exact) mass is 323 g/mol. The largest absolute Gasteiger partial charge is 0.480 e. The Kier molecular flexibility index (Phi) is 4.20. The number of fused-ring (bicyclic) bond motifs is 1. The number of rotatable bonds is 3. The van der Waals surface area contributed by atoms with Gasteiger partial charge in [-0.15, -0.1) is 0 Å². The second-order valence-corrected chi connectivity index (χ2v) is 6.71. The van der Waals surface area contributed by atoms with Crippen molar-refractivity contribution in [2.75, 3.05) is 7.11 Å². The van der Waals surface area contributed by atoms with E-state index in [2.05, 4.69) is 35.7 Å². The number of hydrogen-bond donors (Lipinski definition) is 1. The summed E-state index contributed by atoms with van der Waals surface area (Å²) in [6.07, 6.45) is 0.788. The van der Waals surface area contributed by atoms with E-state index in [1.165, 1.54) is 0 Å². The first-order valence-electron chi connectivity index (χ1n) is 7.86. The second-order valence-electron chi connectivity index (χ2n) is 6.71. The maximum absolute atomic E-state index is 10.8. The van der Waals surface area contributed by atoms with E-state index < -0.39 is 6.10 Å². The van der Waals surface area contributed by atoms with Crippen LogP contribution in [0.1, 0.15) is 44.0 Å². The Balaban J connectivity index is 2.23. The standard InChI is InChI=1S/C19H21N3O2/c1-19(2,3)18-21-13-10-11-20-15(14(13)17(22-18)24-4)16(23)12-8-6-5-7-9-12/h5-11,16,23H,1-4H3. The molecular weight excluding hydrogens is 302 g/mol. The van der Waals surface area contributed by atoms with Crippen LogP contribution in [0.3, 0.4) is 0 Å². The van der Waals surface area contributed by atoms with Crippen LogP contribution in [-0.2, 0) is 5.41 Å². The van der Waals surface area contributed by atoms with E-state index in [0.29, 0.717) is 28.3 Å². The minimum atomic E-state index is -0.868. The molecule has 0 aliphatic rings. The summed E-state index contributed by atoms with van der Waals surface area (Å²) in [6, 6.07) is 11.2. The zero-order valence-electron chi connectivity index (χ0n) is 14.3. The summed E-state index contributed by atoms with van der Waals surface area (Å²) < 4.78 is 5.49. The van der Waals surface area contributed by atoms with Crippen LogP contribution in [0.25, 0.3) is 10.9 Å². The Morgan fingerprint density at radius 2 is 1.75 bits per heavy atom. The lowest BCUT2D eigenvalue weighted by Crippen LogP contribution is -2.17. The van der Waals surface area contributed by atoms with E-state index in [9.17, 15) is 5.11 Å². The summed E-state index contributed by atoms with van der Waals surface area (Å²) in [5.41, 5.74) is 1.77. The van der Waals surface area contributed by atoms with Gasteiger partial charge in [0.1, 0.15) is 11.9 Å². The highest BCUT2D eigenvalue weighted by atomic mass is 16.5. The lowest BCUT2D eigenvalue weighted by atomic mass is 9.95. The number of nitrogens with zero attached hydrogens (tertiary/aromatic N) is 3. The van der Waals surface area contributed by atoms with Crippen molar-refractivity contribution in [3.05, 3.63) is 59.7 Å². The molecule has 0 saturated heterocycles. The summed E-state index contributed by atoms with van der Waals surface area (Å²) >= 11 is 0. The molecule has 0 radical (unpaired) electrons. The van der Waals surface area contributed by atoms with Crippen LogP contribution in [0.2, 0.25) is 0 Å². The summed E-state index contributed by atoms with van der Waals surface area (Å²) in [5, 5.41) is 11.4. The highest BCUT2D eigenvalue weighted by molar-refractivity contribution is 5.86. The Morgan fingerprint density at radius 1 is 1.04 bits per heavy atom. The van der Waals surface area contributed by atoms with Gasteiger partial charge in [0.25, 0.3) is 0 Å². The fourth-order valence-electron chi connectivity index (χ4n) is 2.55. The molecule has 2 heterocycles. The summed E-state index contributed by atoms with van der Waals surface area (Å²) in [4.78, 5) is 13.6. The van der Waals surface area contributed by atoms with Gasteiger partial charge in [-0.2, -0.15) is 4.98 Å². The van der Waals surface area contributed by atoms with Gasteiger partial charge in [0.15, 0.2) is 0 Å². The van der Waals surface area contributed by atoms with Gasteiger partial charge < -0.3 is 9.84 Å². The first kappa shape index (κ1) is 16.3. The number of aromatic nitrogens is 3. The molecule has 0 spiro atoms. The molecule has 1 aromatic carbocycles. The van der Waals surface area contributed by atoms with Crippen molar-refractivity contribution in [1.82, 2.24) is 15.0 Å². The van der Waals surface area contributed by atoms with Crippen LogP contribution in [0.15, 0.2) is 42.6 Å². The molecule has 0 aliphatic carbocycles. The molecule has 0 bridgehead atoms. The van der Waals surface area contributed by atoms with Crippen molar-refractivity contribution in [3.63, 3.8) is 0 Å². The van der Waals surface area contributed by atoms with Gasteiger partial charge in [-0.3, -0.25) is 4.98 Å². The molecule has 1 N–H and O–H groups in total. The van der Waals surface area contributed by atoms with E-state index in [4.69, 9.17) is 4.74 Å². The number of aliphatic hydroxyl groups is 1. The van der Waals surface area contributed by atoms with E-state index >= 15 is 0 Å². The van der Waals surface area contributed by atoms with E-state index in [0.717, 1.165) is 5.56 Å². The van der Waals surface area contributed by atoms with Gasteiger partial charge in [0.05, 0.1) is 23.7 Å². The fourth-order valence-corrected chi connectivity index (χ4v) is 2.55. The number of pyridine rings is 1. The quantitative estimate of drug-likeness (QED) is 0.800. The van der Waals surface area contributed by atoms with Crippen molar-refractivity contribution in [2.24, 2.45) is 0 Å². The van der Waals surface area contributed by atoms with Gasteiger partial charge >= 0.3 is 0 Å². The molecule has 2 aromatic heterocycles. The summed E-state index contributed by atoms with van der Waals surface area (Å²) in [5.74, 6) is 1.13. The number of aliphatic hydroxyl groups excluding tert-OH is 1.